The van der Waals surface area contributed by atoms with Crippen molar-refractivity contribution >= 4 is 11.6 Å². The van der Waals surface area contributed by atoms with Crippen LogP contribution in [0.2, 0.25) is 0 Å². The Bertz CT molecular complexity index is 496. The predicted molar refractivity (Wildman–Crippen MR) is 80.0 cm³/mol. The Balaban J connectivity index is 1.55. The number of benzene rings is 1. The third kappa shape index (κ3) is 3.67. The van der Waals surface area contributed by atoms with E-state index in [1.54, 1.807) is 12.1 Å². The number of ether oxygens (including phenoxy) is 2. The summed E-state index contributed by atoms with van der Waals surface area (Å²) in [6.07, 6.45) is 3.25. The summed E-state index contributed by atoms with van der Waals surface area (Å²) in [4.78, 5) is 14.4. The van der Waals surface area contributed by atoms with E-state index < -0.39 is 0 Å². The first-order valence-electron chi connectivity index (χ1n) is 7.58. The second-order valence-corrected chi connectivity index (χ2v) is 5.83. The average molecular weight is 290 g/mol. The van der Waals surface area contributed by atoms with Gasteiger partial charge in [-0.2, -0.15) is 0 Å². The van der Waals surface area contributed by atoms with Crippen molar-refractivity contribution in [2.24, 2.45) is 5.92 Å². The Morgan fingerprint density at radius 2 is 2.14 bits per heavy atom. The van der Waals surface area contributed by atoms with E-state index in [1.807, 2.05) is 17.0 Å². The Morgan fingerprint density at radius 1 is 1.33 bits per heavy atom. The molecular formula is C16H22N2O3. The monoisotopic (exact) mass is 290 g/mol. The summed E-state index contributed by atoms with van der Waals surface area (Å²) >= 11 is 0. The summed E-state index contributed by atoms with van der Waals surface area (Å²) in [6, 6.07) is 7.66. The Morgan fingerprint density at radius 3 is 2.81 bits per heavy atom. The lowest BCUT2D eigenvalue weighted by atomic mass is 10.1. The molecule has 0 radical (unpaired) electrons. The molecule has 2 aliphatic rings. The SMILES string of the molecule is Nc1ccccc1OCC(=O)N(CC1CCOC1)C1CC1. The van der Waals surface area contributed by atoms with Gasteiger partial charge in [0.05, 0.1) is 12.3 Å². The highest BCUT2D eigenvalue weighted by molar-refractivity contribution is 5.78. The standard InChI is InChI=1S/C16H22N2O3/c17-14-3-1-2-4-15(14)21-11-16(19)18(13-5-6-13)9-12-7-8-20-10-12/h1-4,12-13H,5-11,17H2. The number of para-hydroxylation sites is 2. The second-order valence-electron chi connectivity index (χ2n) is 5.83. The van der Waals surface area contributed by atoms with Crippen LogP contribution in [0.15, 0.2) is 24.3 Å². The molecule has 1 aliphatic heterocycles. The molecule has 5 nitrogen and oxygen atoms in total. The van der Waals surface area contributed by atoms with Gasteiger partial charge in [-0.05, 0) is 31.4 Å². The second kappa shape index (κ2) is 6.35. The van der Waals surface area contributed by atoms with Crippen molar-refractivity contribution in [3.63, 3.8) is 0 Å². The minimum Gasteiger partial charge on any atom is -0.482 e. The molecule has 1 atom stereocenters. The van der Waals surface area contributed by atoms with Crippen LogP contribution >= 0.6 is 0 Å². The minimum atomic E-state index is 0.0488. The number of hydrogen-bond donors (Lipinski definition) is 1. The summed E-state index contributed by atoms with van der Waals surface area (Å²) < 4.78 is 11.0. The summed E-state index contributed by atoms with van der Waals surface area (Å²) in [6.45, 7) is 2.42. The molecule has 0 spiro atoms. The van der Waals surface area contributed by atoms with E-state index in [4.69, 9.17) is 15.2 Å². The first-order chi connectivity index (χ1) is 10.2. The van der Waals surface area contributed by atoms with Crippen LogP contribution in [0.1, 0.15) is 19.3 Å². The predicted octanol–water partition coefficient (Wildman–Crippen LogP) is 1.68. The molecule has 1 saturated heterocycles. The first kappa shape index (κ1) is 14.2. The Kier molecular flexibility index (Phi) is 4.29. The number of amides is 1. The van der Waals surface area contributed by atoms with Crippen LogP contribution in [-0.2, 0) is 9.53 Å². The van der Waals surface area contributed by atoms with E-state index in [-0.39, 0.29) is 12.5 Å². The molecule has 3 rings (SSSR count). The zero-order valence-corrected chi connectivity index (χ0v) is 12.2. The number of hydrogen-bond acceptors (Lipinski definition) is 4. The lowest BCUT2D eigenvalue weighted by Crippen LogP contribution is -2.40. The molecule has 0 aromatic heterocycles. The average Bonchev–Trinajstić information content (AvgIpc) is 3.20. The van der Waals surface area contributed by atoms with Crippen molar-refractivity contribution in [3.8, 4) is 5.75 Å². The zero-order valence-electron chi connectivity index (χ0n) is 12.2. The van der Waals surface area contributed by atoms with Gasteiger partial charge < -0.3 is 20.1 Å². The molecule has 5 heteroatoms. The van der Waals surface area contributed by atoms with Gasteiger partial charge in [0.15, 0.2) is 6.61 Å². The van der Waals surface area contributed by atoms with Crippen molar-refractivity contribution in [1.29, 1.82) is 0 Å². The van der Waals surface area contributed by atoms with Crippen LogP contribution in [0.5, 0.6) is 5.75 Å². The van der Waals surface area contributed by atoms with Crippen LogP contribution in [0.25, 0.3) is 0 Å². The number of carbonyl (C=O) groups is 1. The van der Waals surface area contributed by atoms with Gasteiger partial charge in [-0.3, -0.25) is 4.79 Å². The fraction of sp³-hybridized carbons (Fsp3) is 0.562. The summed E-state index contributed by atoms with van der Waals surface area (Å²) in [7, 11) is 0. The topological polar surface area (TPSA) is 64.8 Å². The molecule has 1 aliphatic carbocycles. The van der Waals surface area contributed by atoms with Gasteiger partial charge in [-0.15, -0.1) is 0 Å². The number of nitrogen functional groups attached to an aromatic ring is 1. The van der Waals surface area contributed by atoms with E-state index in [2.05, 4.69) is 0 Å². The van der Waals surface area contributed by atoms with Crippen LogP contribution < -0.4 is 10.5 Å². The molecule has 1 amide bonds. The normalized spacial score (nSPS) is 21.2. The van der Waals surface area contributed by atoms with E-state index in [1.165, 1.54) is 0 Å². The van der Waals surface area contributed by atoms with Gasteiger partial charge in [0, 0.05) is 25.1 Å². The zero-order chi connectivity index (χ0) is 14.7. The molecule has 2 N–H and O–H groups in total. The van der Waals surface area contributed by atoms with Gasteiger partial charge in [-0.25, -0.2) is 0 Å². The lowest BCUT2D eigenvalue weighted by molar-refractivity contribution is -0.134. The maximum Gasteiger partial charge on any atom is 0.260 e. The largest absolute Gasteiger partial charge is 0.482 e. The van der Waals surface area contributed by atoms with Crippen LogP contribution in [-0.4, -0.2) is 43.2 Å². The molecule has 1 saturated carbocycles. The van der Waals surface area contributed by atoms with E-state index in [9.17, 15) is 4.79 Å². The highest BCUT2D eigenvalue weighted by Crippen LogP contribution is 2.29. The number of anilines is 1. The number of nitrogens with two attached hydrogens (primary N) is 1. The summed E-state index contributed by atoms with van der Waals surface area (Å²) in [5, 5.41) is 0. The summed E-state index contributed by atoms with van der Waals surface area (Å²) in [5.41, 5.74) is 6.38. The van der Waals surface area contributed by atoms with Gasteiger partial charge in [0.1, 0.15) is 5.75 Å². The maximum atomic E-state index is 12.4. The number of rotatable bonds is 6. The third-order valence-corrected chi connectivity index (χ3v) is 4.06. The highest BCUT2D eigenvalue weighted by Gasteiger charge is 2.34. The van der Waals surface area contributed by atoms with Gasteiger partial charge >= 0.3 is 0 Å². The molecular weight excluding hydrogens is 268 g/mol. The molecule has 1 heterocycles. The molecule has 21 heavy (non-hydrogen) atoms. The van der Waals surface area contributed by atoms with Gasteiger partial charge in [0.2, 0.25) is 0 Å². The maximum absolute atomic E-state index is 12.4. The molecule has 2 fully saturated rings. The fourth-order valence-corrected chi connectivity index (χ4v) is 2.68. The number of carbonyl (C=O) groups excluding carboxylic acids is 1. The van der Waals surface area contributed by atoms with Gasteiger partial charge in [0.25, 0.3) is 5.91 Å². The lowest BCUT2D eigenvalue weighted by Gasteiger charge is -2.25. The minimum absolute atomic E-state index is 0.0488. The van der Waals surface area contributed by atoms with Gasteiger partial charge in [-0.1, -0.05) is 12.1 Å². The quantitative estimate of drug-likeness (QED) is 0.810. The fourth-order valence-electron chi connectivity index (χ4n) is 2.68. The molecule has 1 aromatic carbocycles. The number of nitrogens with zero attached hydrogens (tertiary/aromatic N) is 1. The molecule has 0 bridgehead atoms. The van der Waals surface area contributed by atoms with Crippen molar-refractivity contribution in [2.45, 2.75) is 25.3 Å². The van der Waals surface area contributed by atoms with E-state index in [0.29, 0.717) is 23.4 Å². The highest BCUT2D eigenvalue weighted by atomic mass is 16.5. The van der Waals surface area contributed by atoms with Crippen molar-refractivity contribution < 1.29 is 14.3 Å². The third-order valence-electron chi connectivity index (χ3n) is 4.06. The molecule has 1 aromatic rings. The van der Waals surface area contributed by atoms with Crippen molar-refractivity contribution in [3.05, 3.63) is 24.3 Å². The smallest absolute Gasteiger partial charge is 0.260 e. The van der Waals surface area contributed by atoms with Crippen molar-refractivity contribution in [2.75, 3.05) is 32.1 Å². The Hall–Kier alpha value is -1.75. The Labute approximate surface area is 125 Å². The summed E-state index contributed by atoms with van der Waals surface area (Å²) in [5.74, 6) is 1.09. The van der Waals surface area contributed by atoms with Crippen molar-refractivity contribution in [1.82, 2.24) is 4.90 Å². The molecule has 1 unspecified atom stereocenters. The molecule has 114 valence electrons. The van der Waals surface area contributed by atoms with E-state index >= 15 is 0 Å². The van der Waals surface area contributed by atoms with Crippen LogP contribution in [0.4, 0.5) is 5.69 Å². The first-order valence-corrected chi connectivity index (χ1v) is 7.58. The van der Waals surface area contributed by atoms with Crippen LogP contribution in [0.3, 0.4) is 0 Å². The van der Waals surface area contributed by atoms with E-state index in [0.717, 1.165) is 39.0 Å². The van der Waals surface area contributed by atoms with Crippen LogP contribution in [0, 0.1) is 5.92 Å².